The Balaban J connectivity index is 2.73. The van der Waals surface area contributed by atoms with Crippen LogP contribution in [0.15, 0.2) is 30.3 Å². The highest BCUT2D eigenvalue weighted by molar-refractivity contribution is 5.89. The summed E-state index contributed by atoms with van der Waals surface area (Å²) in [5.74, 6) is -1.70. The second-order valence-electron chi connectivity index (χ2n) is 4.60. The Morgan fingerprint density at radius 2 is 1.82 bits per heavy atom. The molecular weight excluding hydrogens is 288 g/mol. The number of amides is 2. The van der Waals surface area contributed by atoms with Crippen LogP contribution < -0.4 is 11.1 Å². The van der Waals surface area contributed by atoms with Crippen molar-refractivity contribution in [3.8, 4) is 0 Å². The molecule has 0 bridgehead atoms. The van der Waals surface area contributed by atoms with Gasteiger partial charge in [-0.2, -0.15) is 0 Å². The first-order chi connectivity index (χ1) is 10.5. The van der Waals surface area contributed by atoms with Crippen LogP contribution in [0.4, 0.5) is 0 Å². The molecule has 0 aromatic heterocycles. The largest absolute Gasteiger partial charge is 0.469 e. The van der Waals surface area contributed by atoms with Crippen molar-refractivity contribution in [3.05, 3.63) is 35.9 Å². The van der Waals surface area contributed by atoms with Gasteiger partial charge < -0.3 is 20.5 Å². The molecule has 0 saturated heterocycles. The second kappa shape index (κ2) is 8.78. The van der Waals surface area contributed by atoms with Gasteiger partial charge in [-0.15, -0.1) is 0 Å². The van der Waals surface area contributed by atoms with Gasteiger partial charge in [0, 0.05) is 13.5 Å². The van der Waals surface area contributed by atoms with Gasteiger partial charge in [-0.1, -0.05) is 30.3 Å². The SMILES string of the molecule is COC(=O)CC[C@@H](NC(=O)[C@H](OC)c1ccccc1)C(N)=O. The van der Waals surface area contributed by atoms with Crippen LogP contribution in [0.1, 0.15) is 24.5 Å². The number of benzene rings is 1. The number of rotatable bonds is 8. The molecule has 0 fully saturated rings. The molecule has 0 saturated carbocycles. The number of ether oxygens (including phenoxy) is 2. The van der Waals surface area contributed by atoms with Crippen molar-refractivity contribution in [1.82, 2.24) is 5.32 Å². The number of esters is 1. The molecule has 2 amide bonds. The topological polar surface area (TPSA) is 108 Å². The van der Waals surface area contributed by atoms with Crippen LogP contribution in [0, 0.1) is 0 Å². The van der Waals surface area contributed by atoms with Crippen LogP contribution in [0.5, 0.6) is 0 Å². The number of hydrogen-bond acceptors (Lipinski definition) is 5. The number of hydrogen-bond donors (Lipinski definition) is 2. The summed E-state index contributed by atoms with van der Waals surface area (Å²) < 4.78 is 9.66. The molecule has 7 nitrogen and oxygen atoms in total. The lowest BCUT2D eigenvalue weighted by atomic mass is 10.1. The number of primary amides is 1. The van der Waals surface area contributed by atoms with Crippen LogP contribution in [-0.2, 0) is 23.9 Å². The molecule has 1 rings (SSSR count). The Kier molecular flexibility index (Phi) is 7.04. The monoisotopic (exact) mass is 308 g/mol. The first-order valence-electron chi connectivity index (χ1n) is 6.73. The van der Waals surface area contributed by atoms with E-state index in [-0.39, 0.29) is 12.8 Å². The molecule has 0 aliphatic heterocycles. The first kappa shape index (κ1) is 17.6. The van der Waals surface area contributed by atoms with E-state index in [4.69, 9.17) is 10.5 Å². The van der Waals surface area contributed by atoms with E-state index < -0.39 is 29.9 Å². The van der Waals surface area contributed by atoms with E-state index in [2.05, 4.69) is 10.1 Å². The zero-order valence-corrected chi connectivity index (χ0v) is 12.6. The molecule has 1 aromatic rings. The Labute approximate surface area is 128 Å². The highest BCUT2D eigenvalue weighted by Gasteiger charge is 2.25. The number of methoxy groups -OCH3 is 2. The standard InChI is InChI=1S/C15H20N2O5/c1-21-12(18)9-8-11(14(16)19)17-15(20)13(22-2)10-6-4-3-5-7-10/h3-7,11,13H,8-9H2,1-2H3,(H2,16,19)(H,17,20)/t11-,13-/m1/s1. The van der Waals surface area contributed by atoms with Crippen molar-refractivity contribution in [2.45, 2.75) is 25.0 Å². The number of nitrogens with two attached hydrogens (primary N) is 1. The molecule has 1 aromatic carbocycles. The third-order valence-corrected chi connectivity index (χ3v) is 3.10. The molecule has 0 spiro atoms. The minimum absolute atomic E-state index is 0.0205. The Hall–Kier alpha value is -2.41. The summed E-state index contributed by atoms with van der Waals surface area (Å²) in [6.07, 6.45) is -0.812. The summed E-state index contributed by atoms with van der Waals surface area (Å²) in [5.41, 5.74) is 5.90. The van der Waals surface area contributed by atoms with Crippen LogP contribution in [0.25, 0.3) is 0 Å². The molecule has 0 heterocycles. The fourth-order valence-corrected chi connectivity index (χ4v) is 1.92. The van der Waals surface area contributed by atoms with Gasteiger partial charge in [-0.05, 0) is 12.0 Å². The fraction of sp³-hybridized carbons (Fsp3) is 0.400. The van der Waals surface area contributed by atoms with Crippen molar-refractivity contribution in [1.29, 1.82) is 0 Å². The number of carbonyl (C=O) groups excluding carboxylic acids is 3. The van der Waals surface area contributed by atoms with E-state index in [9.17, 15) is 14.4 Å². The van der Waals surface area contributed by atoms with Gasteiger partial charge in [0.1, 0.15) is 6.04 Å². The number of nitrogens with one attached hydrogen (secondary N) is 1. The average molecular weight is 308 g/mol. The van der Waals surface area contributed by atoms with Gasteiger partial charge in [-0.3, -0.25) is 14.4 Å². The summed E-state index contributed by atoms with van der Waals surface area (Å²) in [7, 11) is 2.64. The van der Waals surface area contributed by atoms with Crippen molar-refractivity contribution in [2.75, 3.05) is 14.2 Å². The normalized spacial score (nSPS) is 13.0. The van der Waals surface area contributed by atoms with Crippen LogP contribution in [0.3, 0.4) is 0 Å². The van der Waals surface area contributed by atoms with E-state index in [1.54, 1.807) is 24.3 Å². The smallest absolute Gasteiger partial charge is 0.305 e. The van der Waals surface area contributed by atoms with Crippen LogP contribution in [-0.4, -0.2) is 38.0 Å². The summed E-state index contributed by atoms with van der Waals surface area (Å²) >= 11 is 0. The predicted octanol–water partition coefficient (Wildman–Crippen LogP) is 0.297. The number of carbonyl (C=O) groups is 3. The molecule has 2 atom stereocenters. The lowest BCUT2D eigenvalue weighted by Crippen LogP contribution is -2.46. The van der Waals surface area contributed by atoms with Gasteiger partial charge in [0.05, 0.1) is 7.11 Å². The predicted molar refractivity (Wildman–Crippen MR) is 78.6 cm³/mol. The second-order valence-corrected chi connectivity index (χ2v) is 4.60. The van der Waals surface area contributed by atoms with Gasteiger partial charge in [-0.25, -0.2) is 0 Å². The Morgan fingerprint density at radius 1 is 1.18 bits per heavy atom. The summed E-state index contributed by atoms with van der Waals surface area (Å²) in [4.78, 5) is 34.8. The Morgan fingerprint density at radius 3 is 2.32 bits per heavy atom. The molecule has 0 radical (unpaired) electrons. The highest BCUT2D eigenvalue weighted by atomic mass is 16.5. The summed E-state index contributed by atoms with van der Waals surface area (Å²) in [6.45, 7) is 0. The van der Waals surface area contributed by atoms with Crippen molar-refractivity contribution < 1.29 is 23.9 Å². The zero-order valence-electron chi connectivity index (χ0n) is 12.6. The van der Waals surface area contributed by atoms with E-state index in [0.717, 1.165) is 0 Å². The molecular formula is C15H20N2O5. The minimum atomic E-state index is -0.965. The van der Waals surface area contributed by atoms with Gasteiger partial charge in [0.25, 0.3) is 5.91 Å². The molecule has 0 aliphatic rings. The Bertz CT molecular complexity index is 518. The van der Waals surface area contributed by atoms with E-state index in [1.807, 2.05) is 6.07 Å². The maximum absolute atomic E-state index is 12.2. The summed E-state index contributed by atoms with van der Waals surface area (Å²) in [5, 5.41) is 2.50. The quantitative estimate of drug-likeness (QED) is 0.671. The zero-order chi connectivity index (χ0) is 16.5. The van der Waals surface area contributed by atoms with Crippen LogP contribution >= 0.6 is 0 Å². The lowest BCUT2D eigenvalue weighted by molar-refractivity contribution is -0.141. The van der Waals surface area contributed by atoms with E-state index in [0.29, 0.717) is 5.56 Å². The van der Waals surface area contributed by atoms with Crippen molar-refractivity contribution in [2.24, 2.45) is 5.73 Å². The maximum atomic E-state index is 12.2. The molecule has 3 N–H and O–H groups in total. The van der Waals surface area contributed by atoms with E-state index >= 15 is 0 Å². The van der Waals surface area contributed by atoms with Crippen LogP contribution in [0.2, 0.25) is 0 Å². The molecule has 22 heavy (non-hydrogen) atoms. The molecule has 0 aliphatic carbocycles. The molecule has 7 heteroatoms. The van der Waals surface area contributed by atoms with Gasteiger partial charge in [0.15, 0.2) is 6.10 Å². The average Bonchev–Trinajstić information content (AvgIpc) is 2.52. The minimum Gasteiger partial charge on any atom is -0.469 e. The van der Waals surface area contributed by atoms with Crippen molar-refractivity contribution in [3.63, 3.8) is 0 Å². The molecule has 0 unspecified atom stereocenters. The van der Waals surface area contributed by atoms with Gasteiger partial charge in [0.2, 0.25) is 5.91 Å². The lowest BCUT2D eigenvalue weighted by Gasteiger charge is -2.20. The third-order valence-electron chi connectivity index (χ3n) is 3.10. The molecule has 120 valence electrons. The fourth-order valence-electron chi connectivity index (χ4n) is 1.92. The highest BCUT2D eigenvalue weighted by Crippen LogP contribution is 2.16. The maximum Gasteiger partial charge on any atom is 0.305 e. The van der Waals surface area contributed by atoms with E-state index in [1.165, 1.54) is 14.2 Å². The first-order valence-corrected chi connectivity index (χ1v) is 6.73. The van der Waals surface area contributed by atoms with Crippen molar-refractivity contribution >= 4 is 17.8 Å². The summed E-state index contributed by atoms with van der Waals surface area (Å²) in [6, 6.07) is 7.88. The van der Waals surface area contributed by atoms with Gasteiger partial charge >= 0.3 is 5.97 Å². The third kappa shape index (κ3) is 5.17.